The van der Waals surface area contributed by atoms with E-state index in [1.165, 1.54) is 4.88 Å². The summed E-state index contributed by atoms with van der Waals surface area (Å²) in [7, 11) is 2.09. The van der Waals surface area contributed by atoms with Gasteiger partial charge in [0.25, 0.3) is 5.91 Å². The first-order valence-electron chi connectivity index (χ1n) is 6.36. The normalized spacial score (nSPS) is 14.2. The minimum absolute atomic E-state index is 0. The van der Waals surface area contributed by atoms with Crippen molar-refractivity contribution in [2.75, 3.05) is 18.9 Å². The number of nitrogens with one attached hydrogen (secondary N) is 1. The molecule has 3 rings (SSSR count). The third-order valence-electron chi connectivity index (χ3n) is 3.25. The zero-order valence-electron chi connectivity index (χ0n) is 11.4. The number of anilines is 1. The molecule has 0 saturated heterocycles. The summed E-state index contributed by atoms with van der Waals surface area (Å²) in [6.07, 6.45) is 0.944. The number of fused-ring (bicyclic) bond motifs is 1. The second kappa shape index (κ2) is 6.75. The van der Waals surface area contributed by atoms with E-state index in [1.54, 1.807) is 35.6 Å². The predicted octanol–water partition coefficient (Wildman–Crippen LogP) is 3.46. The van der Waals surface area contributed by atoms with Gasteiger partial charge in [0.1, 0.15) is 0 Å². The predicted molar refractivity (Wildman–Crippen MR) is 88.8 cm³/mol. The Balaban J connectivity index is 0.00000161. The fourth-order valence-electron chi connectivity index (χ4n) is 2.15. The molecule has 0 radical (unpaired) electrons. The molecule has 0 fully saturated rings. The van der Waals surface area contributed by atoms with Gasteiger partial charge in [-0.3, -0.25) is 10.1 Å². The van der Waals surface area contributed by atoms with Gasteiger partial charge < -0.3 is 4.90 Å². The third-order valence-corrected chi connectivity index (χ3v) is 4.50. The molecule has 0 spiro atoms. The number of thiazole rings is 1. The van der Waals surface area contributed by atoms with Crippen LogP contribution in [0.15, 0.2) is 24.3 Å². The molecule has 0 saturated carbocycles. The van der Waals surface area contributed by atoms with Gasteiger partial charge in [-0.25, -0.2) is 4.98 Å². The van der Waals surface area contributed by atoms with Gasteiger partial charge in [-0.15, -0.1) is 23.7 Å². The number of likely N-dealkylation sites (N-methyl/N-ethyl adjacent to an activating group) is 1. The smallest absolute Gasteiger partial charge is 0.257 e. The van der Waals surface area contributed by atoms with Gasteiger partial charge in [-0.2, -0.15) is 0 Å². The molecular formula is C14H15Cl2N3OS. The summed E-state index contributed by atoms with van der Waals surface area (Å²) in [5, 5.41) is 4.15. The van der Waals surface area contributed by atoms with Crippen molar-refractivity contribution in [3.8, 4) is 0 Å². The van der Waals surface area contributed by atoms with E-state index in [4.69, 9.17) is 11.6 Å². The molecule has 1 aliphatic heterocycles. The van der Waals surface area contributed by atoms with E-state index in [1.807, 2.05) is 0 Å². The third kappa shape index (κ3) is 3.74. The lowest BCUT2D eigenvalue weighted by Gasteiger charge is -2.20. The lowest BCUT2D eigenvalue weighted by atomic mass is 10.2. The topological polar surface area (TPSA) is 45.2 Å². The Kier molecular flexibility index (Phi) is 5.22. The van der Waals surface area contributed by atoms with Crippen LogP contribution < -0.4 is 5.32 Å². The Bertz CT molecular complexity index is 642. The number of halogens is 2. The average molecular weight is 344 g/mol. The molecule has 2 aromatic rings. The van der Waals surface area contributed by atoms with Crippen molar-refractivity contribution in [2.45, 2.75) is 13.0 Å². The van der Waals surface area contributed by atoms with Gasteiger partial charge >= 0.3 is 0 Å². The molecule has 0 bridgehead atoms. The summed E-state index contributed by atoms with van der Waals surface area (Å²) in [5.41, 5.74) is 1.69. The first-order valence-corrected chi connectivity index (χ1v) is 7.55. The number of aromatic nitrogens is 1. The monoisotopic (exact) mass is 343 g/mol. The van der Waals surface area contributed by atoms with E-state index in [9.17, 15) is 4.79 Å². The van der Waals surface area contributed by atoms with Gasteiger partial charge in [0.05, 0.1) is 5.69 Å². The highest BCUT2D eigenvalue weighted by Crippen LogP contribution is 2.28. The summed E-state index contributed by atoms with van der Waals surface area (Å²) in [5.74, 6) is -0.152. The fraction of sp³-hybridized carbons (Fsp3) is 0.286. The highest BCUT2D eigenvalue weighted by Gasteiger charge is 2.19. The standard InChI is InChI=1S/C14H14ClN3OS.ClH/c1-18-7-6-11-12(8-18)20-14(16-11)17-13(19)9-2-4-10(15)5-3-9;/h2-5H,6-8H2,1H3,(H,16,17,19);1H. The maximum absolute atomic E-state index is 12.1. The maximum Gasteiger partial charge on any atom is 0.257 e. The number of hydrogen-bond acceptors (Lipinski definition) is 4. The molecule has 1 N–H and O–H groups in total. The summed E-state index contributed by atoms with van der Waals surface area (Å²) in [6, 6.07) is 6.83. The molecule has 112 valence electrons. The Morgan fingerprint density at radius 1 is 1.38 bits per heavy atom. The number of amides is 1. The van der Waals surface area contributed by atoms with E-state index in [0.717, 1.165) is 25.2 Å². The minimum atomic E-state index is -0.152. The zero-order chi connectivity index (χ0) is 14.1. The van der Waals surface area contributed by atoms with Gasteiger partial charge in [0.2, 0.25) is 0 Å². The van der Waals surface area contributed by atoms with E-state index in [-0.39, 0.29) is 18.3 Å². The second-order valence-electron chi connectivity index (χ2n) is 4.84. The number of hydrogen-bond donors (Lipinski definition) is 1. The average Bonchev–Trinajstić information content (AvgIpc) is 2.80. The van der Waals surface area contributed by atoms with Crippen LogP contribution in [0, 0.1) is 0 Å². The molecule has 0 atom stereocenters. The van der Waals surface area contributed by atoms with Crippen LogP contribution >= 0.6 is 35.3 Å². The summed E-state index contributed by atoms with van der Waals surface area (Å²) in [6.45, 7) is 1.92. The van der Waals surface area contributed by atoms with Crippen LogP contribution in [-0.4, -0.2) is 29.4 Å². The Morgan fingerprint density at radius 3 is 2.81 bits per heavy atom. The number of rotatable bonds is 2. The first-order chi connectivity index (χ1) is 9.61. The van der Waals surface area contributed by atoms with E-state index < -0.39 is 0 Å². The van der Waals surface area contributed by atoms with Crippen molar-refractivity contribution in [1.82, 2.24) is 9.88 Å². The fourth-order valence-corrected chi connectivity index (χ4v) is 3.36. The van der Waals surface area contributed by atoms with E-state index in [0.29, 0.717) is 15.7 Å². The SMILES string of the molecule is CN1CCc2nc(NC(=O)c3ccc(Cl)cc3)sc2C1.Cl. The second-order valence-corrected chi connectivity index (χ2v) is 6.36. The maximum atomic E-state index is 12.1. The molecule has 2 heterocycles. The Morgan fingerprint density at radius 2 is 2.10 bits per heavy atom. The lowest BCUT2D eigenvalue weighted by Crippen LogP contribution is -2.25. The molecule has 1 aliphatic rings. The molecule has 1 amide bonds. The molecule has 0 aliphatic carbocycles. The largest absolute Gasteiger partial charge is 0.301 e. The molecule has 0 unspecified atom stereocenters. The molecule has 21 heavy (non-hydrogen) atoms. The quantitative estimate of drug-likeness (QED) is 0.908. The number of carbonyl (C=O) groups is 1. The molecule has 1 aromatic heterocycles. The molecular weight excluding hydrogens is 329 g/mol. The molecule has 1 aromatic carbocycles. The van der Waals surface area contributed by atoms with Crippen molar-refractivity contribution in [3.05, 3.63) is 45.4 Å². The van der Waals surface area contributed by atoms with Crippen LogP contribution in [0.2, 0.25) is 5.02 Å². The van der Waals surface area contributed by atoms with Crippen LogP contribution in [0.5, 0.6) is 0 Å². The Hall–Kier alpha value is -1.14. The summed E-state index contributed by atoms with van der Waals surface area (Å²) in [4.78, 5) is 20.1. The summed E-state index contributed by atoms with van der Waals surface area (Å²) < 4.78 is 0. The van der Waals surface area contributed by atoms with Crippen LogP contribution in [0.1, 0.15) is 20.9 Å². The zero-order valence-corrected chi connectivity index (χ0v) is 13.8. The van der Waals surface area contributed by atoms with Crippen LogP contribution in [0.25, 0.3) is 0 Å². The van der Waals surface area contributed by atoms with Crippen molar-refractivity contribution >= 4 is 46.4 Å². The summed E-state index contributed by atoms with van der Waals surface area (Å²) >= 11 is 7.37. The molecule has 7 heteroatoms. The highest BCUT2D eigenvalue weighted by molar-refractivity contribution is 7.15. The van der Waals surface area contributed by atoms with Crippen LogP contribution in [0.4, 0.5) is 5.13 Å². The molecule has 4 nitrogen and oxygen atoms in total. The minimum Gasteiger partial charge on any atom is -0.301 e. The van der Waals surface area contributed by atoms with Crippen molar-refractivity contribution in [2.24, 2.45) is 0 Å². The number of nitrogens with zero attached hydrogens (tertiary/aromatic N) is 2. The van der Waals surface area contributed by atoms with Gasteiger partial charge in [-0.05, 0) is 31.3 Å². The highest BCUT2D eigenvalue weighted by atomic mass is 35.5. The number of benzene rings is 1. The van der Waals surface area contributed by atoms with Crippen molar-refractivity contribution in [1.29, 1.82) is 0 Å². The Labute approximate surface area is 138 Å². The van der Waals surface area contributed by atoms with Gasteiger partial charge in [-0.1, -0.05) is 11.6 Å². The van der Waals surface area contributed by atoms with Gasteiger partial charge in [0.15, 0.2) is 5.13 Å². The van der Waals surface area contributed by atoms with Crippen molar-refractivity contribution in [3.63, 3.8) is 0 Å². The van der Waals surface area contributed by atoms with E-state index in [2.05, 4.69) is 22.2 Å². The van der Waals surface area contributed by atoms with E-state index >= 15 is 0 Å². The lowest BCUT2D eigenvalue weighted by molar-refractivity contribution is 0.102. The first kappa shape index (κ1) is 16.2. The van der Waals surface area contributed by atoms with Crippen LogP contribution in [0.3, 0.4) is 0 Å². The van der Waals surface area contributed by atoms with Crippen molar-refractivity contribution < 1.29 is 4.79 Å². The van der Waals surface area contributed by atoms with Gasteiger partial charge in [0, 0.05) is 35.0 Å². The van der Waals surface area contributed by atoms with Crippen LogP contribution in [-0.2, 0) is 13.0 Å². The number of carbonyl (C=O) groups excluding carboxylic acids is 1.